The molecule has 0 saturated heterocycles. The van der Waals surface area contributed by atoms with E-state index in [-0.39, 0.29) is 13.2 Å². The zero-order chi connectivity index (χ0) is 26.6. The van der Waals surface area contributed by atoms with Crippen molar-refractivity contribution in [2.24, 2.45) is 0 Å². The summed E-state index contributed by atoms with van der Waals surface area (Å²) in [7, 11) is 0. The fraction of sp³-hybridized carbons (Fsp3) is 0.125. The average Bonchev–Trinajstić information content (AvgIpc) is 2.94. The van der Waals surface area contributed by atoms with Gasteiger partial charge in [-0.05, 0) is 20.8 Å². The van der Waals surface area contributed by atoms with Gasteiger partial charge in [0, 0.05) is 11.1 Å². The number of aryl methyl sites for hydroxylation is 1. The van der Waals surface area contributed by atoms with Gasteiger partial charge in [0.2, 0.25) is 0 Å². The molecule has 0 unspecified atom stereocenters. The molecule has 0 spiro atoms. The summed E-state index contributed by atoms with van der Waals surface area (Å²) in [4.78, 5) is 29.5. The summed E-state index contributed by atoms with van der Waals surface area (Å²) in [5.41, 5.74) is 2.83. The van der Waals surface area contributed by atoms with Crippen LogP contribution in [0.15, 0.2) is 127 Å². The molecule has 0 aliphatic carbocycles. The first kappa shape index (κ1) is 36.2. The summed E-state index contributed by atoms with van der Waals surface area (Å²) in [5.74, 6) is 0.121. The van der Waals surface area contributed by atoms with Crippen LogP contribution >= 0.6 is 0 Å². The van der Waals surface area contributed by atoms with E-state index in [1.54, 1.807) is 19.1 Å². The van der Waals surface area contributed by atoms with E-state index in [2.05, 4.69) is 25.7 Å². The number of ketones is 1. The molecule has 4 aromatic carbocycles. The van der Waals surface area contributed by atoms with E-state index in [0.717, 1.165) is 23.7 Å². The van der Waals surface area contributed by atoms with Gasteiger partial charge < -0.3 is 4.79 Å². The molecule has 0 radical (unpaired) electrons. The van der Waals surface area contributed by atoms with Gasteiger partial charge in [-0.15, -0.1) is 0 Å². The third-order valence-electron chi connectivity index (χ3n) is 3.72. The minimum Gasteiger partial charge on any atom is -0.0623 e. The van der Waals surface area contributed by atoms with Crippen molar-refractivity contribution in [3.8, 4) is 0 Å². The molecule has 0 bridgehead atoms. The van der Waals surface area contributed by atoms with Crippen molar-refractivity contribution in [3.63, 3.8) is 0 Å². The van der Waals surface area contributed by atoms with Crippen LogP contribution < -0.4 is 0 Å². The van der Waals surface area contributed by atoms with E-state index >= 15 is 0 Å². The first-order valence-electron chi connectivity index (χ1n) is 10.7. The number of carbonyl (C=O) groups excluding carboxylic acids is 3. The summed E-state index contributed by atoms with van der Waals surface area (Å²) >= 11 is 0. The standard InChI is InChI=1S/C8H8O.C7H6O.C7H8.C6H6.C2H4O.CO.CH4/c1-7(9)8-5-3-2-4-6-8;8-6-7-4-2-1-3-5-7;1-7-5-3-2-4-6-7;1-2-4-6-5-3-1;1-2-3;1-2;/h2-6H,1H3;1-6H;2-6H,1H3;1-6H;2H,1H3;;1H4. The second-order valence-corrected chi connectivity index (χ2v) is 6.50. The molecule has 0 fully saturated rings. The monoisotopic (exact) mass is 484 g/mol. The van der Waals surface area contributed by atoms with Gasteiger partial charge in [-0.1, -0.05) is 140 Å². The fourth-order valence-electron chi connectivity index (χ4n) is 2.12. The quantitative estimate of drug-likeness (QED) is 0.126. The molecule has 188 valence electrons. The van der Waals surface area contributed by atoms with E-state index in [1.165, 1.54) is 12.5 Å². The maximum absolute atomic E-state index is 10.6. The molecule has 0 N–H and O–H groups in total. The van der Waals surface area contributed by atoms with Gasteiger partial charge in [0.05, 0.1) is 0 Å². The Morgan fingerprint density at radius 2 is 0.917 bits per heavy atom. The first-order chi connectivity index (χ1) is 17.0. The van der Waals surface area contributed by atoms with Gasteiger partial charge in [-0.3, -0.25) is 9.59 Å². The molecule has 0 saturated carbocycles. The smallest absolute Gasteiger partial charge is 0.0623 e. The molecular weight excluding hydrogens is 448 g/mol. The number of aldehydes is 2. The molecule has 0 aromatic heterocycles. The Bertz CT molecular complexity index is 987. The molecular formula is C32H36O4. The SMILES string of the molecule is C.CC(=O)c1ccccc1.CC=O.Cc1ccccc1.O=Cc1ccccc1.[C-]#[O+].c1ccccc1. The zero-order valence-corrected chi connectivity index (χ0v) is 20.4. The molecule has 0 heterocycles. The van der Waals surface area contributed by atoms with E-state index in [9.17, 15) is 9.59 Å². The number of benzene rings is 4. The van der Waals surface area contributed by atoms with Crippen LogP contribution in [0.5, 0.6) is 0 Å². The number of Topliss-reactive ketones (excluding diaryl/α,β-unsaturated/α-hetero) is 1. The van der Waals surface area contributed by atoms with Gasteiger partial charge in [0.15, 0.2) is 5.78 Å². The maximum atomic E-state index is 10.6. The van der Waals surface area contributed by atoms with Crippen molar-refractivity contribution >= 4 is 18.4 Å². The minimum absolute atomic E-state index is 0. The summed E-state index contributed by atoms with van der Waals surface area (Å²) in [6, 6.07) is 40.6. The van der Waals surface area contributed by atoms with E-state index in [0.29, 0.717) is 0 Å². The van der Waals surface area contributed by atoms with Crippen LogP contribution in [-0.4, -0.2) is 18.4 Å². The zero-order valence-electron chi connectivity index (χ0n) is 20.4. The van der Waals surface area contributed by atoms with Gasteiger partial charge in [-0.2, -0.15) is 0 Å². The van der Waals surface area contributed by atoms with Gasteiger partial charge in [0.25, 0.3) is 0 Å². The Kier molecular flexibility index (Phi) is 28.8. The molecule has 0 aliphatic heterocycles. The molecule has 36 heavy (non-hydrogen) atoms. The van der Waals surface area contributed by atoms with Crippen molar-refractivity contribution in [1.82, 2.24) is 0 Å². The van der Waals surface area contributed by atoms with Crippen molar-refractivity contribution in [3.05, 3.63) is 151 Å². The van der Waals surface area contributed by atoms with Gasteiger partial charge in [0.1, 0.15) is 12.6 Å². The Morgan fingerprint density at radius 3 is 1.11 bits per heavy atom. The Morgan fingerprint density at radius 1 is 0.639 bits per heavy atom. The Hall–Kier alpha value is -4.37. The predicted octanol–water partition coefficient (Wildman–Crippen LogP) is 7.87. The second-order valence-electron chi connectivity index (χ2n) is 6.50. The third kappa shape index (κ3) is 24.3. The maximum Gasteiger partial charge on any atom is -0.0623 e. The molecule has 4 rings (SSSR count). The summed E-state index contributed by atoms with van der Waals surface area (Å²) < 4.78 is 7.50. The van der Waals surface area contributed by atoms with Crippen molar-refractivity contribution in [2.45, 2.75) is 28.2 Å². The second kappa shape index (κ2) is 28.7. The van der Waals surface area contributed by atoms with E-state index in [1.807, 2.05) is 103 Å². The Labute approximate surface area is 216 Å². The van der Waals surface area contributed by atoms with Crippen molar-refractivity contribution in [1.29, 1.82) is 0 Å². The average molecular weight is 485 g/mol. The summed E-state index contributed by atoms with van der Waals surface area (Å²) in [6.07, 6.45) is 1.58. The van der Waals surface area contributed by atoms with Crippen LogP contribution in [0.2, 0.25) is 0 Å². The van der Waals surface area contributed by atoms with Crippen molar-refractivity contribution in [2.75, 3.05) is 0 Å². The van der Waals surface area contributed by atoms with Crippen LogP contribution in [-0.2, 0) is 9.45 Å². The molecule has 4 heteroatoms. The summed E-state index contributed by atoms with van der Waals surface area (Å²) in [6.45, 7) is 9.59. The normalized spacial score (nSPS) is 7.58. The Balaban J connectivity index is -0.000000380. The van der Waals surface area contributed by atoms with Gasteiger partial charge >= 0.3 is 11.3 Å². The van der Waals surface area contributed by atoms with E-state index < -0.39 is 0 Å². The first-order valence-corrected chi connectivity index (χ1v) is 10.7. The number of hydrogen-bond donors (Lipinski definition) is 0. The summed E-state index contributed by atoms with van der Waals surface area (Å²) in [5, 5.41) is 0. The largest absolute Gasteiger partial charge is 0.0623 e. The van der Waals surface area contributed by atoms with Crippen molar-refractivity contribution < 1.29 is 19.0 Å². The predicted molar refractivity (Wildman–Crippen MR) is 148 cm³/mol. The number of carbonyl (C=O) groups is 3. The molecule has 0 atom stereocenters. The number of rotatable bonds is 2. The van der Waals surface area contributed by atoms with Crippen LogP contribution in [0.4, 0.5) is 0 Å². The molecule has 0 amide bonds. The minimum atomic E-state index is 0. The van der Waals surface area contributed by atoms with Crippen LogP contribution in [0.1, 0.15) is 47.6 Å². The number of hydrogen-bond acceptors (Lipinski definition) is 3. The van der Waals surface area contributed by atoms with Crippen LogP contribution in [0.25, 0.3) is 0 Å². The van der Waals surface area contributed by atoms with E-state index in [4.69, 9.17) is 9.45 Å². The molecule has 4 nitrogen and oxygen atoms in total. The van der Waals surface area contributed by atoms with Gasteiger partial charge in [-0.25, -0.2) is 0 Å². The third-order valence-corrected chi connectivity index (χ3v) is 3.72. The fourth-order valence-corrected chi connectivity index (χ4v) is 2.12. The molecule has 4 aromatic rings. The molecule has 0 aliphatic rings. The topological polar surface area (TPSA) is 71.1 Å². The van der Waals surface area contributed by atoms with Crippen LogP contribution in [0, 0.1) is 13.6 Å². The van der Waals surface area contributed by atoms with Crippen LogP contribution in [0.3, 0.4) is 0 Å².